The van der Waals surface area contributed by atoms with Crippen LogP contribution in [0.3, 0.4) is 0 Å². The predicted octanol–water partition coefficient (Wildman–Crippen LogP) is 2.20. The number of benzene rings is 1. The van der Waals surface area contributed by atoms with Crippen LogP contribution in [0.1, 0.15) is 40.2 Å². The zero-order valence-corrected chi connectivity index (χ0v) is 14.8. The first-order chi connectivity index (χ1) is 10.5. The van der Waals surface area contributed by atoms with Gasteiger partial charge < -0.3 is 4.74 Å². The summed E-state index contributed by atoms with van der Waals surface area (Å²) in [6.07, 6.45) is 0. The number of sulfonamides is 1. The highest BCUT2D eigenvalue weighted by molar-refractivity contribution is 7.89. The highest BCUT2D eigenvalue weighted by Gasteiger charge is 2.32. The van der Waals surface area contributed by atoms with E-state index in [2.05, 4.69) is 4.72 Å². The largest absolute Gasteiger partial charge is 0.459 e. The third-order valence-corrected chi connectivity index (χ3v) is 4.32. The number of hydrogen-bond acceptors (Lipinski definition) is 5. The summed E-state index contributed by atoms with van der Waals surface area (Å²) in [5.74, 6) is -0.925. The molecule has 6 nitrogen and oxygen atoms in total. The van der Waals surface area contributed by atoms with E-state index in [4.69, 9.17) is 10.00 Å². The fourth-order valence-electron chi connectivity index (χ4n) is 1.79. The van der Waals surface area contributed by atoms with Gasteiger partial charge in [-0.3, -0.25) is 4.79 Å². The first kappa shape index (κ1) is 19.1. The van der Waals surface area contributed by atoms with Crippen LogP contribution in [0.2, 0.25) is 0 Å². The van der Waals surface area contributed by atoms with Gasteiger partial charge in [0.2, 0.25) is 10.0 Å². The maximum atomic E-state index is 12.5. The van der Waals surface area contributed by atoms with Gasteiger partial charge in [-0.1, -0.05) is 19.9 Å². The Morgan fingerprint density at radius 3 is 2.39 bits per heavy atom. The summed E-state index contributed by atoms with van der Waals surface area (Å²) in [6, 6.07) is 6.49. The molecule has 0 unspecified atom stereocenters. The van der Waals surface area contributed by atoms with Gasteiger partial charge in [0.25, 0.3) is 0 Å². The number of nitrogens with zero attached hydrogens (tertiary/aromatic N) is 1. The number of rotatable bonds is 5. The molecule has 0 saturated heterocycles. The fraction of sp³-hybridized carbons (Fsp3) is 0.500. The van der Waals surface area contributed by atoms with Crippen molar-refractivity contribution in [2.24, 2.45) is 5.92 Å². The Kier molecular flexibility index (Phi) is 5.92. The van der Waals surface area contributed by atoms with Crippen molar-refractivity contribution in [3.05, 3.63) is 29.8 Å². The fourth-order valence-corrected chi connectivity index (χ4v) is 3.17. The standard InChI is InChI=1S/C16H22N2O4S/c1-11(2)14(15(19)22-16(3,4)5)18-23(20,21)13-8-6-7-12(9-13)10-17/h6-9,11,14,18H,1-5H3/t14-/m1/s1. The highest BCUT2D eigenvalue weighted by atomic mass is 32.2. The van der Waals surface area contributed by atoms with Crippen molar-refractivity contribution < 1.29 is 17.9 Å². The quantitative estimate of drug-likeness (QED) is 0.830. The van der Waals surface area contributed by atoms with Crippen LogP contribution in [-0.4, -0.2) is 26.0 Å². The van der Waals surface area contributed by atoms with Gasteiger partial charge in [0.05, 0.1) is 16.5 Å². The van der Waals surface area contributed by atoms with Crippen LogP contribution in [0, 0.1) is 17.2 Å². The van der Waals surface area contributed by atoms with Gasteiger partial charge in [-0.25, -0.2) is 8.42 Å². The van der Waals surface area contributed by atoms with Crippen LogP contribution >= 0.6 is 0 Å². The van der Waals surface area contributed by atoms with E-state index in [1.165, 1.54) is 24.3 Å². The average Bonchev–Trinajstić information content (AvgIpc) is 2.42. The van der Waals surface area contributed by atoms with Crippen molar-refractivity contribution in [1.82, 2.24) is 4.72 Å². The molecule has 126 valence electrons. The van der Waals surface area contributed by atoms with E-state index in [-0.39, 0.29) is 16.4 Å². The number of ether oxygens (including phenoxy) is 1. The van der Waals surface area contributed by atoms with E-state index in [0.29, 0.717) is 0 Å². The molecule has 0 fully saturated rings. The van der Waals surface area contributed by atoms with E-state index in [1.807, 2.05) is 6.07 Å². The van der Waals surface area contributed by atoms with Crippen LogP contribution < -0.4 is 4.72 Å². The number of carbonyl (C=O) groups is 1. The summed E-state index contributed by atoms with van der Waals surface area (Å²) in [6.45, 7) is 8.60. The Hall–Kier alpha value is -1.91. The minimum absolute atomic E-state index is 0.0641. The Bertz CT molecular complexity index is 712. The maximum Gasteiger partial charge on any atom is 0.324 e. The molecule has 0 spiro atoms. The van der Waals surface area contributed by atoms with Crippen molar-refractivity contribution in [2.75, 3.05) is 0 Å². The van der Waals surface area contributed by atoms with E-state index < -0.39 is 27.6 Å². The van der Waals surface area contributed by atoms with E-state index >= 15 is 0 Å². The van der Waals surface area contributed by atoms with Crippen molar-refractivity contribution in [1.29, 1.82) is 5.26 Å². The molecule has 0 aromatic heterocycles. The summed E-state index contributed by atoms with van der Waals surface area (Å²) < 4.78 is 32.6. The summed E-state index contributed by atoms with van der Waals surface area (Å²) in [5, 5.41) is 8.87. The molecule has 0 aliphatic carbocycles. The molecule has 0 aliphatic heterocycles. The third kappa shape index (κ3) is 5.66. The molecule has 1 aromatic rings. The number of esters is 1. The molecule has 0 aliphatic rings. The molecule has 1 aromatic carbocycles. The van der Waals surface area contributed by atoms with Crippen LogP contribution in [0.4, 0.5) is 0 Å². The van der Waals surface area contributed by atoms with E-state index in [1.54, 1.807) is 34.6 Å². The zero-order valence-electron chi connectivity index (χ0n) is 14.0. The van der Waals surface area contributed by atoms with Gasteiger partial charge in [0.15, 0.2) is 0 Å². The molecule has 1 rings (SSSR count). The lowest BCUT2D eigenvalue weighted by atomic mass is 10.1. The first-order valence-electron chi connectivity index (χ1n) is 7.21. The smallest absolute Gasteiger partial charge is 0.324 e. The molecule has 0 bridgehead atoms. The van der Waals surface area contributed by atoms with Gasteiger partial charge in [-0.2, -0.15) is 9.98 Å². The monoisotopic (exact) mass is 338 g/mol. The van der Waals surface area contributed by atoms with E-state index in [9.17, 15) is 13.2 Å². The van der Waals surface area contributed by atoms with Crippen molar-refractivity contribution in [3.8, 4) is 6.07 Å². The minimum atomic E-state index is -3.94. The lowest BCUT2D eigenvalue weighted by Crippen LogP contribution is -2.47. The number of nitriles is 1. The number of hydrogen-bond donors (Lipinski definition) is 1. The van der Waals surface area contributed by atoms with Gasteiger partial charge in [0.1, 0.15) is 11.6 Å². The minimum Gasteiger partial charge on any atom is -0.459 e. The molecular weight excluding hydrogens is 316 g/mol. The van der Waals surface area contributed by atoms with Crippen molar-refractivity contribution >= 4 is 16.0 Å². The maximum absolute atomic E-state index is 12.5. The van der Waals surface area contributed by atoms with Gasteiger partial charge in [-0.05, 0) is 44.9 Å². The second kappa shape index (κ2) is 7.11. The first-order valence-corrected chi connectivity index (χ1v) is 8.70. The average molecular weight is 338 g/mol. The topological polar surface area (TPSA) is 96.3 Å². The van der Waals surface area contributed by atoms with Crippen molar-refractivity contribution in [2.45, 2.75) is 51.2 Å². The summed E-state index contributed by atoms with van der Waals surface area (Å²) in [5.41, 5.74) is -0.484. The highest BCUT2D eigenvalue weighted by Crippen LogP contribution is 2.16. The Balaban J connectivity index is 3.08. The van der Waals surface area contributed by atoms with Crippen LogP contribution in [0.25, 0.3) is 0 Å². The summed E-state index contributed by atoms with van der Waals surface area (Å²) in [4.78, 5) is 12.2. The Morgan fingerprint density at radius 1 is 1.30 bits per heavy atom. The SMILES string of the molecule is CC(C)[C@@H](NS(=O)(=O)c1cccc(C#N)c1)C(=O)OC(C)(C)C. The molecule has 1 N–H and O–H groups in total. The predicted molar refractivity (Wildman–Crippen MR) is 85.9 cm³/mol. The molecule has 0 saturated carbocycles. The second-order valence-electron chi connectivity index (χ2n) is 6.52. The molecule has 7 heteroatoms. The molecule has 0 heterocycles. The Morgan fingerprint density at radius 2 is 1.91 bits per heavy atom. The van der Waals surface area contributed by atoms with Crippen molar-refractivity contribution in [3.63, 3.8) is 0 Å². The van der Waals surface area contributed by atoms with E-state index in [0.717, 1.165) is 0 Å². The molecule has 0 amide bonds. The van der Waals surface area contributed by atoms with Crippen LogP contribution in [0.15, 0.2) is 29.2 Å². The lowest BCUT2D eigenvalue weighted by molar-refractivity contribution is -0.158. The van der Waals surface area contributed by atoms with Gasteiger partial charge in [0, 0.05) is 0 Å². The van der Waals surface area contributed by atoms with Crippen LogP contribution in [-0.2, 0) is 19.6 Å². The van der Waals surface area contributed by atoms with Gasteiger partial charge >= 0.3 is 5.97 Å². The molecular formula is C16H22N2O4S. The molecule has 23 heavy (non-hydrogen) atoms. The molecule has 0 radical (unpaired) electrons. The molecule has 1 atom stereocenters. The van der Waals surface area contributed by atoms with Gasteiger partial charge in [-0.15, -0.1) is 0 Å². The lowest BCUT2D eigenvalue weighted by Gasteiger charge is -2.26. The van der Waals surface area contributed by atoms with Crippen LogP contribution in [0.5, 0.6) is 0 Å². The second-order valence-corrected chi connectivity index (χ2v) is 8.23. The summed E-state index contributed by atoms with van der Waals surface area (Å²) in [7, 11) is -3.94. The number of nitrogens with one attached hydrogen (secondary N) is 1. The Labute approximate surface area is 137 Å². The third-order valence-electron chi connectivity index (χ3n) is 2.88. The summed E-state index contributed by atoms with van der Waals surface area (Å²) >= 11 is 0. The zero-order chi connectivity index (χ0) is 17.8. The normalized spacial score (nSPS) is 13.4. The number of carbonyl (C=O) groups excluding carboxylic acids is 1.